The summed E-state index contributed by atoms with van der Waals surface area (Å²) in [5, 5.41) is 2.02. The van der Waals surface area contributed by atoms with E-state index in [9.17, 15) is 24.0 Å². The van der Waals surface area contributed by atoms with Crippen molar-refractivity contribution in [1.29, 1.82) is 0 Å². The number of methoxy groups -OCH3 is 1. The molecule has 0 spiro atoms. The lowest BCUT2D eigenvalue weighted by Gasteiger charge is -2.44. The standard InChI is InChI=1S/C29H30N2O11S2/c1-15(32)38-14-23-24(39-16(2)33)25(40-17(3)34)26(41-18(4)35)28(42-23)44-29-30-22(13-21-7-6-12-43-21)27(36)31(29)19-8-10-20(37-5)11-9-19/h6-13,23-26,28H,14H2,1-5H3/b22-13-/t23-,24+,25-,26-,28-/m0/s1. The zero-order valence-electron chi connectivity index (χ0n) is 24.4. The van der Waals surface area contributed by atoms with E-state index in [1.165, 1.54) is 30.3 Å². The molecule has 0 aliphatic carbocycles. The number of thiophene rings is 1. The minimum Gasteiger partial charge on any atom is -0.497 e. The molecule has 234 valence electrons. The number of ether oxygens (including phenoxy) is 6. The highest BCUT2D eigenvalue weighted by Crippen LogP contribution is 2.39. The van der Waals surface area contributed by atoms with Gasteiger partial charge in [0.25, 0.3) is 5.91 Å². The molecule has 2 aliphatic heterocycles. The molecule has 1 fully saturated rings. The number of hydrogen-bond donors (Lipinski definition) is 0. The predicted molar refractivity (Wildman–Crippen MR) is 160 cm³/mol. The van der Waals surface area contributed by atoms with Crippen LogP contribution < -0.4 is 9.64 Å². The Labute approximate surface area is 261 Å². The van der Waals surface area contributed by atoms with Gasteiger partial charge in [-0.3, -0.25) is 28.9 Å². The van der Waals surface area contributed by atoms with Crippen molar-refractivity contribution in [2.45, 2.75) is 57.5 Å². The van der Waals surface area contributed by atoms with Crippen LogP contribution in [0.15, 0.2) is 52.5 Å². The van der Waals surface area contributed by atoms with Gasteiger partial charge in [0, 0.05) is 32.6 Å². The van der Waals surface area contributed by atoms with Crippen LogP contribution in [0.1, 0.15) is 32.6 Å². The van der Waals surface area contributed by atoms with Gasteiger partial charge >= 0.3 is 23.9 Å². The third-order valence-corrected chi connectivity index (χ3v) is 8.07. The lowest BCUT2D eigenvalue weighted by atomic mass is 9.99. The van der Waals surface area contributed by atoms with Crippen LogP contribution in [-0.4, -0.2) is 78.5 Å². The highest BCUT2D eigenvalue weighted by molar-refractivity contribution is 8.14. The number of amidine groups is 1. The van der Waals surface area contributed by atoms with Crippen LogP contribution in [0, 0.1) is 0 Å². The maximum atomic E-state index is 13.7. The summed E-state index contributed by atoms with van der Waals surface area (Å²) in [7, 11) is 1.52. The second-order valence-corrected chi connectivity index (χ2v) is 11.5. The summed E-state index contributed by atoms with van der Waals surface area (Å²) in [4.78, 5) is 68.6. The van der Waals surface area contributed by atoms with Crippen LogP contribution in [0.3, 0.4) is 0 Å². The van der Waals surface area contributed by atoms with Crippen molar-refractivity contribution in [2.75, 3.05) is 18.6 Å². The summed E-state index contributed by atoms with van der Waals surface area (Å²) in [6.07, 6.45) is -3.51. The summed E-state index contributed by atoms with van der Waals surface area (Å²) in [6, 6.07) is 10.4. The topological polar surface area (TPSA) is 156 Å². The molecule has 4 rings (SSSR count). The average Bonchev–Trinajstić information content (AvgIpc) is 3.58. The van der Waals surface area contributed by atoms with Gasteiger partial charge < -0.3 is 28.4 Å². The highest BCUT2D eigenvalue weighted by Gasteiger charge is 2.53. The number of nitrogens with zero attached hydrogens (tertiary/aromatic N) is 2. The normalized spacial score (nSPS) is 24.0. The Bertz CT molecular complexity index is 1460. The number of carbonyl (C=O) groups excluding carboxylic acids is 5. The molecule has 0 saturated carbocycles. The van der Waals surface area contributed by atoms with Gasteiger partial charge in [-0.05, 0) is 41.8 Å². The van der Waals surface area contributed by atoms with Crippen molar-refractivity contribution < 1.29 is 52.4 Å². The van der Waals surface area contributed by atoms with Gasteiger partial charge in [0.2, 0.25) is 0 Å². The second-order valence-electron chi connectivity index (χ2n) is 9.46. The quantitative estimate of drug-likeness (QED) is 0.223. The van der Waals surface area contributed by atoms with E-state index in [4.69, 9.17) is 28.4 Å². The minimum absolute atomic E-state index is 0.136. The third kappa shape index (κ3) is 8.03. The lowest BCUT2D eigenvalue weighted by Crippen LogP contribution is -2.61. The van der Waals surface area contributed by atoms with Crippen LogP contribution >= 0.6 is 23.1 Å². The van der Waals surface area contributed by atoms with Crippen LogP contribution in [0.5, 0.6) is 5.75 Å². The van der Waals surface area contributed by atoms with Gasteiger partial charge in [-0.1, -0.05) is 17.8 Å². The Hall–Kier alpha value is -4.21. The van der Waals surface area contributed by atoms with Crippen LogP contribution in [0.4, 0.5) is 5.69 Å². The number of benzene rings is 1. The summed E-state index contributed by atoms with van der Waals surface area (Å²) < 4.78 is 33.2. The van der Waals surface area contributed by atoms with Crippen molar-refractivity contribution in [1.82, 2.24) is 0 Å². The summed E-state index contributed by atoms with van der Waals surface area (Å²) in [6.45, 7) is 4.24. The molecule has 1 amide bonds. The third-order valence-electron chi connectivity index (χ3n) is 6.15. The van der Waals surface area contributed by atoms with Gasteiger partial charge in [-0.2, -0.15) is 0 Å². The Morgan fingerprint density at radius 1 is 0.932 bits per heavy atom. The first-order valence-corrected chi connectivity index (χ1v) is 15.0. The van der Waals surface area contributed by atoms with Crippen molar-refractivity contribution >= 4 is 69.8 Å². The van der Waals surface area contributed by atoms with Gasteiger partial charge in [0.15, 0.2) is 28.9 Å². The number of hydrogen-bond acceptors (Lipinski definition) is 14. The SMILES string of the molecule is COc1ccc(N2C(=O)/C(=C/c3cccs3)N=C2S[C@@H]2O[C@@H](COC(C)=O)[C@@H](OC(C)=O)[C@H](OC(C)=O)[C@@H]2OC(C)=O)cc1. The van der Waals surface area contributed by atoms with E-state index in [0.717, 1.165) is 37.4 Å². The van der Waals surface area contributed by atoms with Crippen LogP contribution in [-0.2, 0) is 47.7 Å². The maximum Gasteiger partial charge on any atom is 0.303 e. The van der Waals surface area contributed by atoms with Gasteiger partial charge in [-0.15, -0.1) is 11.3 Å². The number of rotatable bonds is 9. The lowest BCUT2D eigenvalue weighted by molar-refractivity contribution is -0.237. The van der Waals surface area contributed by atoms with Crippen LogP contribution in [0.2, 0.25) is 0 Å². The number of esters is 4. The monoisotopic (exact) mass is 646 g/mol. The molecule has 1 aromatic carbocycles. The van der Waals surface area contributed by atoms with Gasteiger partial charge in [0.1, 0.15) is 24.2 Å². The molecule has 44 heavy (non-hydrogen) atoms. The molecule has 0 radical (unpaired) electrons. The number of carbonyl (C=O) groups is 5. The van der Waals surface area contributed by atoms with Crippen molar-refractivity contribution in [3.8, 4) is 5.75 Å². The van der Waals surface area contributed by atoms with E-state index in [-0.39, 0.29) is 17.5 Å². The molecule has 0 N–H and O–H groups in total. The largest absolute Gasteiger partial charge is 0.497 e. The van der Waals surface area contributed by atoms with E-state index in [2.05, 4.69) is 4.99 Å². The Balaban J connectivity index is 1.78. The molecule has 3 heterocycles. The first-order valence-electron chi connectivity index (χ1n) is 13.3. The van der Waals surface area contributed by atoms with Crippen molar-refractivity contribution in [3.63, 3.8) is 0 Å². The fourth-order valence-corrected chi connectivity index (χ4v) is 6.28. The Morgan fingerprint density at radius 2 is 1.57 bits per heavy atom. The Morgan fingerprint density at radius 3 is 2.14 bits per heavy atom. The summed E-state index contributed by atoms with van der Waals surface area (Å²) >= 11 is 2.34. The second kappa shape index (κ2) is 14.5. The van der Waals surface area contributed by atoms with Gasteiger partial charge in [0.05, 0.1) is 12.8 Å². The van der Waals surface area contributed by atoms with Crippen LogP contribution in [0.25, 0.3) is 6.08 Å². The zero-order valence-corrected chi connectivity index (χ0v) is 26.0. The predicted octanol–water partition coefficient (Wildman–Crippen LogP) is 3.32. The summed E-state index contributed by atoms with van der Waals surface area (Å²) in [5.41, 5.74) is -0.581. The fraction of sp³-hybridized carbons (Fsp3) is 0.379. The molecule has 5 atom stereocenters. The molecule has 0 bridgehead atoms. The number of thioether (sulfide) groups is 1. The molecule has 15 heteroatoms. The van der Waals surface area contributed by atoms with E-state index in [1.54, 1.807) is 30.3 Å². The molecule has 0 unspecified atom stereocenters. The van der Waals surface area contributed by atoms with E-state index < -0.39 is 59.6 Å². The number of aliphatic imine (C=N–C) groups is 1. The number of anilines is 1. The Kier molecular flexibility index (Phi) is 10.8. The molecule has 2 aliphatic rings. The van der Waals surface area contributed by atoms with E-state index in [0.29, 0.717) is 11.4 Å². The first-order chi connectivity index (χ1) is 21.0. The van der Waals surface area contributed by atoms with E-state index >= 15 is 0 Å². The molecular formula is C29H30N2O11S2. The minimum atomic E-state index is -1.36. The van der Waals surface area contributed by atoms with Crippen molar-refractivity contribution in [2.24, 2.45) is 4.99 Å². The molecule has 1 aromatic heterocycles. The molecule has 13 nitrogen and oxygen atoms in total. The molecule has 1 saturated heterocycles. The van der Waals surface area contributed by atoms with Gasteiger partial charge in [-0.25, -0.2) is 4.99 Å². The number of amides is 1. The first kappa shape index (κ1) is 32.7. The van der Waals surface area contributed by atoms with E-state index in [1.807, 2.05) is 17.5 Å². The average molecular weight is 647 g/mol. The smallest absolute Gasteiger partial charge is 0.303 e. The van der Waals surface area contributed by atoms with Crippen molar-refractivity contribution in [3.05, 3.63) is 52.4 Å². The fourth-order valence-electron chi connectivity index (χ4n) is 4.43. The summed E-state index contributed by atoms with van der Waals surface area (Å²) in [5.74, 6) is -2.73. The molecular weight excluding hydrogens is 616 g/mol. The molecule has 2 aromatic rings. The highest BCUT2D eigenvalue weighted by atomic mass is 32.2. The maximum absolute atomic E-state index is 13.7. The zero-order chi connectivity index (χ0) is 32.0.